The van der Waals surface area contributed by atoms with Crippen LogP contribution < -0.4 is 10.1 Å². The molecule has 1 amide bonds. The summed E-state index contributed by atoms with van der Waals surface area (Å²) in [4.78, 5) is 23.0. The van der Waals surface area contributed by atoms with E-state index in [2.05, 4.69) is 16.5 Å². The number of aromatic nitrogens is 2. The van der Waals surface area contributed by atoms with Crippen molar-refractivity contribution in [2.24, 2.45) is 0 Å². The number of ether oxygens (including phenoxy) is 1. The van der Waals surface area contributed by atoms with E-state index in [-0.39, 0.29) is 23.1 Å². The van der Waals surface area contributed by atoms with Crippen LogP contribution in [0.3, 0.4) is 0 Å². The van der Waals surface area contributed by atoms with E-state index < -0.39 is 4.92 Å². The molecule has 0 bridgehead atoms. The predicted molar refractivity (Wildman–Crippen MR) is 117 cm³/mol. The highest BCUT2D eigenvalue weighted by Gasteiger charge is 2.15. The number of amides is 1. The molecule has 0 aliphatic rings. The van der Waals surface area contributed by atoms with Crippen LogP contribution in [0, 0.1) is 17.0 Å². The lowest BCUT2D eigenvalue weighted by Gasteiger charge is -2.10. The number of nitro groups is 1. The average Bonchev–Trinajstić information content (AvgIpc) is 3.14. The van der Waals surface area contributed by atoms with E-state index in [1.54, 1.807) is 29.1 Å². The summed E-state index contributed by atoms with van der Waals surface area (Å²) in [5.41, 5.74) is 2.94. The molecule has 8 nitrogen and oxygen atoms in total. The number of rotatable bonds is 9. The van der Waals surface area contributed by atoms with Crippen LogP contribution in [0.15, 0.2) is 54.7 Å². The number of nitrogens with zero attached hydrogens (tertiary/aromatic N) is 3. The quantitative estimate of drug-likeness (QED) is 0.410. The van der Waals surface area contributed by atoms with Crippen molar-refractivity contribution in [1.82, 2.24) is 9.78 Å². The van der Waals surface area contributed by atoms with Gasteiger partial charge in [0.05, 0.1) is 30.5 Å². The fourth-order valence-corrected chi connectivity index (χ4v) is 3.73. The molecule has 1 N–H and O–H groups in total. The molecule has 156 valence electrons. The fourth-order valence-electron chi connectivity index (χ4n) is 2.96. The molecule has 0 atom stereocenters. The Morgan fingerprint density at radius 2 is 2.07 bits per heavy atom. The number of nitrogens with one attached hydrogen (secondary N) is 1. The molecule has 0 unspecified atom stereocenters. The monoisotopic (exact) mass is 426 g/mol. The highest BCUT2D eigenvalue weighted by Crippen LogP contribution is 2.29. The number of hydrogen-bond acceptors (Lipinski definition) is 6. The van der Waals surface area contributed by atoms with Gasteiger partial charge in [0.1, 0.15) is 5.82 Å². The molecule has 2 aromatic carbocycles. The van der Waals surface area contributed by atoms with Crippen LogP contribution in [0.5, 0.6) is 5.75 Å². The maximum absolute atomic E-state index is 12.3. The van der Waals surface area contributed by atoms with Crippen LogP contribution in [0.4, 0.5) is 11.5 Å². The van der Waals surface area contributed by atoms with E-state index >= 15 is 0 Å². The number of nitro benzene ring substituents is 1. The van der Waals surface area contributed by atoms with Gasteiger partial charge in [-0.1, -0.05) is 35.9 Å². The first kappa shape index (κ1) is 21.4. The van der Waals surface area contributed by atoms with Crippen molar-refractivity contribution >= 4 is 29.2 Å². The summed E-state index contributed by atoms with van der Waals surface area (Å²) >= 11 is 1.38. The Morgan fingerprint density at radius 3 is 2.80 bits per heavy atom. The van der Waals surface area contributed by atoms with E-state index in [9.17, 15) is 14.9 Å². The zero-order valence-corrected chi connectivity index (χ0v) is 17.5. The number of thioether (sulfide) groups is 1. The number of methoxy groups -OCH3 is 1. The molecule has 30 heavy (non-hydrogen) atoms. The van der Waals surface area contributed by atoms with Crippen molar-refractivity contribution in [3.05, 3.63) is 81.5 Å². The number of carbonyl (C=O) groups is 1. The van der Waals surface area contributed by atoms with Gasteiger partial charge in [-0.2, -0.15) is 5.10 Å². The van der Waals surface area contributed by atoms with Gasteiger partial charge in [0.25, 0.3) is 0 Å². The van der Waals surface area contributed by atoms with Crippen LogP contribution in [0.25, 0.3) is 0 Å². The highest BCUT2D eigenvalue weighted by atomic mass is 32.2. The SMILES string of the molecule is COc1ccc(CSCC(=O)Nc2ccnn2Cc2cccc(C)c2)cc1[N+](=O)[O-]. The molecule has 0 saturated heterocycles. The summed E-state index contributed by atoms with van der Waals surface area (Å²) in [6.45, 7) is 2.59. The van der Waals surface area contributed by atoms with Crippen molar-refractivity contribution in [3.8, 4) is 5.75 Å². The van der Waals surface area contributed by atoms with Crippen molar-refractivity contribution < 1.29 is 14.5 Å². The van der Waals surface area contributed by atoms with Gasteiger partial charge in [-0.15, -0.1) is 11.8 Å². The van der Waals surface area contributed by atoms with Crippen LogP contribution in [-0.2, 0) is 17.1 Å². The molecule has 1 heterocycles. The first-order chi connectivity index (χ1) is 14.5. The third-order valence-corrected chi connectivity index (χ3v) is 5.34. The molecular formula is C21H22N4O4S. The Kier molecular flexibility index (Phi) is 7.08. The fraction of sp³-hybridized carbons (Fsp3) is 0.238. The Labute approximate surface area is 178 Å². The third kappa shape index (κ3) is 5.60. The van der Waals surface area contributed by atoms with Gasteiger partial charge in [-0.25, -0.2) is 4.68 Å². The van der Waals surface area contributed by atoms with E-state index in [1.807, 2.05) is 25.1 Å². The minimum absolute atomic E-state index is 0.0832. The zero-order chi connectivity index (χ0) is 21.5. The Balaban J connectivity index is 1.54. The molecule has 9 heteroatoms. The molecule has 0 aliphatic carbocycles. The topological polar surface area (TPSA) is 99.3 Å². The maximum Gasteiger partial charge on any atom is 0.311 e. The first-order valence-electron chi connectivity index (χ1n) is 9.22. The third-order valence-electron chi connectivity index (χ3n) is 4.34. The smallest absolute Gasteiger partial charge is 0.311 e. The summed E-state index contributed by atoms with van der Waals surface area (Å²) in [5.74, 6) is 1.38. The van der Waals surface area contributed by atoms with Crippen molar-refractivity contribution in [3.63, 3.8) is 0 Å². The molecule has 0 spiro atoms. The highest BCUT2D eigenvalue weighted by molar-refractivity contribution is 7.99. The largest absolute Gasteiger partial charge is 0.490 e. The molecule has 0 aliphatic heterocycles. The zero-order valence-electron chi connectivity index (χ0n) is 16.7. The van der Waals surface area contributed by atoms with Gasteiger partial charge in [0.2, 0.25) is 5.91 Å². The summed E-state index contributed by atoms with van der Waals surface area (Å²) in [5, 5.41) is 18.3. The first-order valence-corrected chi connectivity index (χ1v) is 10.4. The Morgan fingerprint density at radius 1 is 1.23 bits per heavy atom. The second-order valence-electron chi connectivity index (χ2n) is 6.67. The lowest BCUT2D eigenvalue weighted by atomic mass is 10.1. The van der Waals surface area contributed by atoms with E-state index in [4.69, 9.17) is 4.74 Å². The molecule has 0 fully saturated rings. The molecule has 0 radical (unpaired) electrons. The van der Waals surface area contributed by atoms with Crippen LogP contribution in [-0.4, -0.2) is 33.5 Å². The minimum atomic E-state index is -0.477. The lowest BCUT2D eigenvalue weighted by Crippen LogP contribution is -2.18. The predicted octanol–water partition coefficient (Wildman–Crippen LogP) is 4.03. The molecule has 3 rings (SSSR count). The second kappa shape index (κ2) is 9.93. The van der Waals surface area contributed by atoms with Gasteiger partial charge in [0, 0.05) is 17.9 Å². The van der Waals surface area contributed by atoms with Crippen LogP contribution in [0.1, 0.15) is 16.7 Å². The standard InChI is InChI=1S/C21H22N4O4S/c1-15-4-3-5-16(10-15)12-24-20(8-9-22-24)23-21(26)14-30-13-17-6-7-19(29-2)18(11-17)25(27)28/h3-11H,12-14H2,1-2H3,(H,23,26). The molecule has 1 aromatic heterocycles. The van der Waals surface area contributed by atoms with Crippen LogP contribution in [0.2, 0.25) is 0 Å². The number of aryl methyl sites for hydroxylation is 1. The normalized spacial score (nSPS) is 10.6. The number of hydrogen-bond donors (Lipinski definition) is 1. The summed E-state index contributed by atoms with van der Waals surface area (Å²) in [7, 11) is 1.39. The van der Waals surface area contributed by atoms with E-state index in [1.165, 1.54) is 30.5 Å². The lowest BCUT2D eigenvalue weighted by molar-refractivity contribution is -0.385. The molecule has 3 aromatic rings. The second-order valence-corrected chi connectivity index (χ2v) is 7.65. The van der Waals surface area contributed by atoms with Crippen LogP contribution >= 0.6 is 11.8 Å². The molecular weight excluding hydrogens is 404 g/mol. The van der Waals surface area contributed by atoms with Gasteiger partial charge in [-0.05, 0) is 24.1 Å². The Bertz CT molecular complexity index is 1050. The van der Waals surface area contributed by atoms with Gasteiger partial charge in [-0.3, -0.25) is 14.9 Å². The van der Waals surface area contributed by atoms with E-state index in [0.717, 1.165) is 11.1 Å². The number of carbonyl (C=O) groups excluding carboxylic acids is 1. The number of benzene rings is 2. The van der Waals surface area contributed by atoms with Crippen molar-refractivity contribution in [2.45, 2.75) is 19.2 Å². The number of anilines is 1. The van der Waals surface area contributed by atoms with Crippen molar-refractivity contribution in [2.75, 3.05) is 18.2 Å². The average molecular weight is 426 g/mol. The van der Waals surface area contributed by atoms with E-state index in [0.29, 0.717) is 18.1 Å². The molecule has 0 saturated carbocycles. The Hall–Kier alpha value is -3.33. The van der Waals surface area contributed by atoms with Gasteiger partial charge >= 0.3 is 5.69 Å². The summed E-state index contributed by atoms with van der Waals surface area (Å²) < 4.78 is 6.74. The summed E-state index contributed by atoms with van der Waals surface area (Å²) in [6, 6.07) is 14.7. The van der Waals surface area contributed by atoms with Gasteiger partial charge in [0.15, 0.2) is 5.75 Å². The summed E-state index contributed by atoms with van der Waals surface area (Å²) in [6.07, 6.45) is 1.65. The maximum atomic E-state index is 12.3. The minimum Gasteiger partial charge on any atom is -0.490 e. The van der Waals surface area contributed by atoms with Gasteiger partial charge < -0.3 is 10.1 Å². The van der Waals surface area contributed by atoms with Crippen molar-refractivity contribution in [1.29, 1.82) is 0 Å².